The van der Waals surface area contributed by atoms with Crippen molar-refractivity contribution < 1.29 is 23.8 Å². The first-order valence-corrected chi connectivity index (χ1v) is 7.67. The van der Waals surface area contributed by atoms with Gasteiger partial charge in [-0.2, -0.15) is 0 Å². The summed E-state index contributed by atoms with van der Waals surface area (Å²) in [6.07, 6.45) is 2.23. The Labute approximate surface area is 152 Å². The lowest BCUT2D eigenvalue weighted by Crippen LogP contribution is -2.38. The summed E-state index contributed by atoms with van der Waals surface area (Å²) in [5, 5.41) is 2.80. The number of amides is 2. The van der Waals surface area contributed by atoms with Gasteiger partial charge in [0.05, 0.1) is 14.2 Å². The van der Waals surface area contributed by atoms with Crippen LogP contribution in [-0.4, -0.2) is 45.2 Å². The van der Waals surface area contributed by atoms with E-state index in [9.17, 15) is 9.59 Å². The van der Waals surface area contributed by atoms with Crippen LogP contribution in [0.1, 0.15) is 23.2 Å². The summed E-state index contributed by atoms with van der Waals surface area (Å²) < 4.78 is 15.8. The van der Waals surface area contributed by atoms with Crippen LogP contribution in [0.15, 0.2) is 12.1 Å². The second-order valence-corrected chi connectivity index (χ2v) is 5.68. The molecule has 0 spiro atoms. The van der Waals surface area contributed by atoms with Crippen molar-refractivity contribution in [3.8, 4) is 17.2 Å². The van der Waals surface area contributed by atoms with Crippen LogP contribution < -0.4 is 31.0 Å². The maximum Gasteiger partial charge on any atom is 0.255 e. The van der Waals surface area contributed by atoms with E-state index < -0.39 is 5.91 Å². The van der Waals surface area contributed by atoms with Crippen LogP contribution in [0, 0.1) is 5.92 Å². The molecule has 1 aliphatic carbocycles. The summed E-state index contributed by atoms with van der Waals surface area (Å²) in [5.74, 6) is 0.336. The van der Waals surface area contributed by atoms with Crippen molar-refractivity contribution in [2.45, 2.75) is 18.9 Å². The molecule has 1 aromatic carbocycles. The fraction of sp³-hybridized carbons (Fsp3) is 0.500. The third-order valence-corrected chi connectivity index (χ3v) is 3.81. The van der Waals surface area contributed by atoms with Gasteiger partial charge < -0.3 is 31.0 Å². The quantitative estimate of drug-likeness (QED) is 0.577. The van der Waals surface area contributed by atoms with Crippen molar-refractivity contribution >= 4 is 24.2 Å². The summed E-state index contributed by atoms with van der Waals surface area (Å²) in [5.41, 5.74) is 11.4. The lowest BCUT2D eigenvalue weighted by molar-refractivity contribution is -0.120. The first kappa shape index (κ1) is 20.9. The standard InChI is InChI=1S/C16H23N3O5.ClH/c1-22-12-5-10(16(21)19-7-11(17)9-3-4-9)6-13(23-2)15(12)24-8-14(18)20;/h5-6,9,11H,3-4,7-8,17H2,1-2H3,(H2,18,20)(H,19,21);1H. The Balaban J connectivity index is 0.00000312. The van der Waals surface area contributed by atoms with Crippen molar-refractivity contribution in [3.05, 3.63) is 17.7 Å². The molecule has 140 valence electrons. The molecule has 1 aromatic rings. The average molecular weight is 374 g/mol. The molecule has 2 amide bonds. The number of methoxy groups -OCH3 is 2. The first-order valence-electron chi connectivity index (χ1n) is 7.67. The van der Waals surface area contributed by atoms with Gasteiger partial charge in [0, 0.05) is 18.2 Å². The average Bonchev–Trinajstić information content (AvgIpc) is 3.41. The summed E-state index contributed by atoms with van der Waals surface area (Å²) in [4.78, 5) is 23.2. The van der Waals surface area contributed by atoms with Gasteiger partial charge in [-0.05, 0) is 30.9 Å². The molecule has 1 fully saturated rings. The van der Waals surface area contributed by atoms with E-state index in [2.05, 4.69) is 5.32 Å². The predicted molar refractivity (Wildman–Crippen MR) is 94.5 cm³/mol. The van der Waals surface area contributed by atoms with Crippen LogP contribution in [-0.2, 0) is 4.79 Å². The summed E-state index contributed by atoms with van der Waals surface area (Å²) in [7, 11) is 2.85. The number of nitrogens with two attached hydrogens (primary N) is 2. The molecule has 0 saturated heterocycles. The van der Waals surface area contributed by atoms with E-state index >= 15 is 0 Å². The number of carbonyl (C=O) groups is 2. The Kier molecular flexibility index (Phi) is 7.79. The summed E-state index contributed by atoms with van der Waals surface area (Å²) in [6, 6.07) is 2.99. The highest BCUT2D eigenvalue weighted by Gasteiger charge is 2.28. The number of hydrogen-bond acceptors (Lipinski definition) is 6. The van der Waals surface area contributed by atoms with E-state index in [1.54, 1.807) is 0 Å². The van der Waals surface area contributed by atoms with Crippen LogP contribution >= 0.6 is 12.4 Å². The molecule has 0 radical (unpaired) electrons. The Morgan fingerprint density at radius 3 is 2.24 bits per heavy atom. The number of benzene rings is 1. The minimum atomic E-state index is -0.630. The maximum absolute atomic E-state index is 12.3. The minimum absolute atomic E-state index is 0. The van der Waals surface area contributed by atoms with Crippen LogP contribution in [0.25, 0.3) is 0 Å². The zero-order chi connectivity index (χ0) is 17.7. The minimum Gasteiger partial charge on any atom is -0.493 e. The molecule has 2 rings (SSSR count). The topological polar surface area (TPSA) is 126 Å². The largest absolute Gasteiger partial charge is 0.493 e. The highest BCUT2D eigenvalue weighted by molar-refractivity contribution is 5.95. The summed E-state index contributed by atoms with van der Waals surface area (Å²) >= 11 is 0. The smallest absolute Gasteiger partial charge is 0.255 e. The van der Waals surface area contributed by atoms with Crippen LogP contribution in [0.4, 0.5) is 0 Å². The first-order chi connectivity index (χ1) is 11.5. The van der Waals surface area contributed by atoms with E-state index in [-0.39, 0.29) is 48.2 Å². The van der Waals surface area contributed by atoms with E-state index in [0.717, 1.165) is 12.8 Å². The Hall–Kier alpha value is -2.19. The van der Waals surface area contributed by atoms with E-state index in [1.165, 1.54) is 26.4 Å². The van der Waals surface area contributed by atoms with Crippen LogP contribution in [0.2, 0.25) is 0 Å². The van der Waals surface area contributed by atoms with E-state index in [4.69, 9.17) is 25.7 Å². The Bertz CT molecular complexity index is 597. The van der Waals surface area contributed by atoms with Gasteiger partial charge in [0.1, 0.15) is 0 Å². The van der Waals surface area contributed by atoms with Crippen molar-refractivity contribution in [2.24, 2.45) is 17.4 Å². The van der Waals surface area contributed by atoms with E-state index in [1.807, 2.05) is 0 Å². The third kappa shape index (κ3) is 5.68. The Morgan fingerprint density at radius 1 is 1.24 bits per heavy atom. The van der Waals surface area contributed by atoms with E-state index in [0.29, 0.717) is 18.0 Å². The summed E-state index contributed by atoms with van der Waals surface area (Å²) in [6.45, 7) is 0.0859. The molecule has 5 N–H and O–H groups in total. The van der Waals surface area contributed by atoms with Crippen molar-refractivity contribution in [2.75, 3.05) is 27.4 Å². The predicted octanol–water partition coefficient (Wildman–Crippen LogP) is 0.457. The number of rotatable bonds is 9. The van der Waals surface area contributed by atoms with Crippen LogP contribution in [0.3, 0.4) is 0 Å². The van der Waals surface area contributed by atoms with Gasteiger partial charge in [-0.1, -0.05) is 0 Å². The highest BCUT2D eigenvalue weighted by atomic mass is 35.5. The number of nitrogens with one attached hydrogen (secondary N) is 1. The van der Waals surface area contributed by atoms with Crippen molar-refractivity contribution in [3.63, 3.8) is 0 Å². The van der Waals surface area contributed by atoms with Crippen LogP contribution in [0.5, 0.6) is 17.2 Å². The molecule has 25 heavy (non-hydrogen) atoms. The van der Waals surface area contributed by atoms with Gasteiger partial charge in [0.15, 0.2) is 18.1 Å². The number of carbonyl (C=O) groups excluding carboxylic acids is 2. The molecule has 1 aliphatic rings. The zero-order valence-electron chi connectivity index (χ0n) is 14.2. The fourth-order valence-corrected chi connectivity index (χ4v) is 2.30. The molecule has 0 bridgehead atoms. The Morgan fingerprint density at radius 2 is 1.80 bits per heavy atom. The number of halogens is 1. The lowest BCUT2D eigenvalue weighted by Gasteiger charge is -2.16. The second-order valence-electron chi connectivity index (χ2n) is 5.68. The third-order valence-electron chi connectivity index (χ3n) is 3.81. The second kappa shape index (κ2) is 9.33. The molecule has 0 heterocycles. The molecular weight excluding hydrogens is 350 g/mol. The van der Waals surface area contributed by atoms with Crippen molar-refractivity contribution in [1.29, 1.82) is 0 Å². The highest BCUT2D eigenvalue weighted by Crippen LogP contribution is 2.38. The van der Waals surface area contributed by atoms with Gasteiger partial charge in [-0.25, -0.2) is 0 Å². The number of primary amides is 1. The molecule has 1 unspecified atom stereocenters. The molecule has 1 atom stereocenters. The molecule has 9 heteroatoms. The normalized spacial score (nSPS) is 14.0. The lowest BCUT2D eigenvalue weighted by atomic mass is 10.1. The van der Waals surface area contributed by atoms with Gasteiger partial charge in [-0.3, -0.25) is 9.59 Å². The molecular formula is C16H24ClN3O5. The van der Waals surface area contributed by atoms with Gasteiger partial charge in [0.25, 0.3) is 11.8 Å². The van der Waals surface area contributed by atoms with Gasteiger partial charge in [0.2, 0.25) is 5.75 Å². The molecule has 8 nitrogen and oxygen atoms in total. The number of hydrogen-bond donors (Lipinski definition) is 3. The molecule has 0 aromatic heterocycles. The number of ether oxygens (including phenoxy) is 3. The van der Waals surface area contributed by atoms with Crippen molar-refractivity contribution in [1.82, 2.24) is 5.32 Å². The molecule has 1 saturated carbocycles. The van der Waals surface area contributed by atoms with Gasteiger partial charge in [-0.15, -0.1) is 12.4 Å². The maximum atomic E-state index is 12.3. The molecule has 0 aliphatic heterocycles. The van der Waals surface area contributed by atoms with Gasteiger partial charge >= 0.3 is 0 Å². The SMILES string of the molecule is COc1cc(C(=O)NCC(N)C2CC2)cc(OC)c1OCC(N)=O.Cl. The fourth-order valence-electron chi connectivity index (χ4n) is 2.30. The zero-order valence-corrected chi connectivity index (χ0v) is 15.1. The monoisotopic (exact) mass is 373 g/mol.